The van der Waals surface area contributed by atoms with Crippen LogP contribution >= 0.6 is 11.6 Å². The highest BCUT2D eigenvalue weighted by Crippen LogP contribution is 2.23. The van der Waals surface area contributed by atoms with Crippen LogP contribution in [0.15, 0.2) is 53.1 Å². The number of amides is 1. The summed E-state index contributed by atoms with van der Waals surface area (Å²) in [5, 5.41) is 7.45. The van der Waals surface area contributed by atoms with E-state index in [-0.39, 0.29) is 11.8 Å². The number of aromatic nitrogens is 2. The maximum atomic E-state index is 12.3. The van der Waals surface area contributed by atoms with Crippen LogP contribution in [0.25, 0.3) is 11.4 Å². The topological polar surface area (TPSA) is 71.3 Å². The van der Waals surface area contributed by atoms with Gasteiger partial charge in [0.15, 0.2) is 0 Å². The number of piperidine rings is 1. The molecule has 1 aliphatic rings. The zero-order valence-corrected chi connectivity index (χ0v) is 16.9. The number of carbonyl (C=O) groups is 1. The quantitative estimate of drug-likeness (QED) is 0.654. The molecule has 1 fully saturated rings. The van der Waals surface area contributed by atoms with Gasteiger partial charge in [-0.1, -0.05) is 28.9 Å². The molecule has 1 N–H and O–H groups in total. The van der Waals surface area contributed by atoms with E-state index in [1.54, 1.807) is 0 Å². The first-order valence-electron chi connectivity index (χ1n) is 9.91. The molecule has 29 heavy (non-hydrogen) atoms. The van der Waals surface area contributed by atoms with Gasteiger partial charge in [-0.3, -0.25) is 4.79 Å². The lowest BCUT2D eigenvalue weighted by atomic mass is 10.1. The molecule has 2 aromatic carbocycles. The predicted octanol–water partition coefficient (Wildman–Crippen LogP) is 4.35. The van der Waals surface area contributed by atoms with Crippen molar-refractivity contribution in [3.05, 3.63) is 65.0 Å². The van der Waals surface area contributed by atoms with Crippen molar-refractivity contribution in [2.75, 3.05) is 24.5 Å². The Hall–Kier alpha value is -2.86. The van der Waals surface area contributed by atoms with Crippen LogP contribution in [0.2, 0.25) is 5.02 Å². The minimum Gasteiger partial charge on any atom is -0.372 e. The van der Waals surface area contributed by atoms with Gasteiger partial charge in [-0.05, 0) is 67.6 Å². The average Bonchev–Trinajstić information content (AvgIpc) is 3.26. The molecular weight excluding hydrogens is 388 g/mol. The van der Waals surface area contributed by atoms with E-state index >= 15 is 0 Å². The summed E-state index contributed by atoms with van der Waals surface area (Å²) in [6.07, 6.45) is 4.48. The van der Waals surface area contributed by atoms with Crippen molar-refractivity contribution in [2.45, 2.75) is 25.7 Å². The normalized spacial score (nSPS) is 14.0. The first kappa shape index (κ1) is 19.5. The highest BCUT2D eigenvalue weighted by molar-refractivity contribution is 6.30. The third-order valence-electron chi connectivity index (χ3n) is 5.08. The van der Waals surface area contributed by atoms with E-state index in [1.807, 2.05) is 36.4 Å². The summed E-state index contributed by atoms with van der Waals surface area (Å²) >= 11 is 5.88. The Kier molecular flexibility index (Phi) is 6.10. The molecule has 0 spiro atoms. The molecule has 150 valence electrons. The van der Waals surface area contributed by atoms with Crippen molar-refractivity contribution in [3.8, 4) is 11.4 Å². The van der Waals surface area contributed by atoms with Gasteiger partial charge in [-0.25, -0.2) is 0 Å². The van der Waals surface area contributed by atoms with Gasteiger partial charge >= 0.3 is 11.8 Å². The summed E-state index contributed by atoms with van der Waals surface area (Å²) in [4.78, 5) is 18.9. The van der Waals surface area contributed by atoms with Crippen molar-refractivity contribution >= 4 is 23.2 Å². The van der Waals surface area contributed by atoms with Crippen molar-refractivity contribution in [1.29, 1.82) is 0 Å². The summed E-state index contributed by atoms with van der Waals surface area (Å²) in [5.74, 6) is 0.0110. The van der Waals surface area contributed by atoms with Crippen LogP contribution in [-0.4, -0.2) is 35.7 Å². The molecule has 0 atom stereocenters. The van der Waals surface area contributed by atoms with Crippen LogP contribution in [0.3, 0.4) is 0 Å². The Balaban J connectivity index is 1.33. The third-order valence-corrected chi connectivity index (χ3v) is 5.33. The molecule has 4 rings (SSSR count). The van der Waals surface area contributed by atoms with E-state index in [0.29, 0.717) is 23.8 Å². The van der Waals surface area contributed by atoms with Crippen LogP contribution in [0, 0.1) is 0 Å². The Labute approximate surface area is 174 Å². The number of nitrogens with zero attached hydrogens (tertiary/aromatic N) is 3. The summed E-state index contributed by atoms with van der Waals surface area (Å²) in [5.41, 5.74) is 3.13. The number of hydrogen-bond donors (Lipinski definition) is 1. The Morgan fingerprint density at radius 3 is 2.48 bits per heavy atom. The number of rotatable bonds is 6. The lowest BCUT2D eigenvalue weighted by Gasteiger charge is -2.28. The average molecular weight is 411 g/mol. The Bertz CT molecular complexity index is 948. The monoisotopic (exact) mass is 410 g/mol. The van der Waals surface area contributed by atoms with Gasteiger partial charge in [0, 0.05) is 35.9 Å². The first-order valence-corrected chi connectivity index (χ1v) is 10.3. The zero-order chi connectivity index (χ0) is 20.1. The lowest BCUT2D eigenvalue weighted by molar-refractivity contribution is 0.0910. The number of hydrogen-bond acceptors (Lipinski definition) is 5. The number of nitrogens with one attached hydrogen (secondary N) is 1. The van der Waals surface area contributed by atoms with Crippen LogP contribution < -0.4 is 10.2 Å². The first-order chi connectivity index (χ1) is 14.2. The van der Waals surface area contributed by atoms with Crippen LogP contribution in [-0.2, 0) is 6.42 Å². The van der Waals surface area contributed by atoms with Crippen molar-refractivity contribution in [1.82, 2.24) is 15.5 Å². The molecule has 0 aliphatic carbocycles. The summed E-state index contributed by atoms with van der Waals surface area (Å²) in [6.45, 7) is 2.67. The van der Waals surface area contributed by atoms with Crippen molar-refractivity contribution in [3.63, 3.8) is 0 Å². The molecule has 1 amide bonds. The maximum Gasteiger partial charge on any atom is 0.316 e. The number of halogens is 1. The van der Waals surface area contributed by atoms with Gasteiger partial charge in [-0.15, -0.1) is 0 Å². The number of anilines is 1. The third kappa shape index (κ3) is 4.95. The molecule has 0 radical (unpaired) electrons. The molecule has 0 bridgehead atoms. The van der Waals surface area contributed by atoms with Gasteiger partial charge in [0.2, 0.25) is 5.82 Å². The minimum absolute atomic E-state index is 0.0313. The summed E-state index contributed by atoms with van der Waals surface area (Å²) < 4.78 is 5.14. The lowest BCUT2D eigenvalue weighted by Crippen LogP contribution is -2.29. The highest BCUT2D eigenvalue weighted by Gasteiger charge is 2.16. The molecule has 3 aromatic rings. The van der Waals surface area contributed by atoms with Crippen molar-refractivity contribution < 1.29 is 9.32 Å². The minimum atomic E-state index is -0.373. The zero-order valence-electron chi connectivity index (χ0n) is 16.1. The summed E-state index contributed by atoms with van der Waals surface area (Å²) in [7, 11) is 0. The van der Waals surface area contributed by atoms with Gasteiger partial charge in [-0.2, -0.15) is 4.98 Å². The Morgan fingerprint density at radius 2 is 1.76 bits per heavy atom. The van der Waals surface area contributed by atoms with Crippen LogP contribution in [0.4, 0.5) is 5.69 Å². The van der Waals surface area contributed by atoms with Gasteiger partial charge in [0.1, 0.15) is 0 Å². The second kappa shape index (κ2) is 9.09. The van der Waals surface area contributed by atoms with E-state index in [2.05, 4.69) is 32.5 Å². The van der Waals surface area contributed by atoms with E-state index in [0.717, 1.165) is 24.2 Å². The fraction of sp³-hybridized carbons (Fsp3) is 0.318. The van der Waals surface area contributed by atoms with E-state index in [4.69, 9.17) is 16.1 Å². The molecule has 6 nitrogen and oxygen atoms in total. The molecule has 1 aliphatic heterocycles. The van der Waals surface area contributed by atoms with Crippen LogP contribution in [0.1, 0.15) is 35.5 Å². The fourth-order valence-electron chi connectivity index (χ4n) is 3.45. The molecular formula is C22H23ClN4O2. The van der Waals surface area contributed by atoms with Gasteiger partial charge in [0.05, 0.1) is 0 Å². The van der Waals surface area contributed by atoms with E-state index < -0.39 is 0 Å². The largest absolute Gasteiger partial charge is 0.372 e. The molecule has 0 unspecified atom stereocenters. The Morgan fingerprint density at radius 1 is 1.03 bits per heavy atom. The fourth-order valence-corrected chi connectivity index (χ4v) is 3.58. The van der Waals surface area contributed by atoms with Crippen molar-refractivity contribution in [2.24, 2.45) is 0 Å². The molecule has 0 saturated carbocycles. The second-order valence-electron chi connectivity index (χ2n) is 7.15. The molecule has 1 aromatic heterocycles. The summed E-state index contributed by atoms with van der Waals surface area (Å²) in [6, 6.07) is 15.6. The highest BCUT2D eigenvalue weighted by atomic mass is 35.5. The van der Waals surface area contributed by atoms with Crippen LogP contribution in [0.5, 0.6) is 0 Å². The SMILES string of the molecule is O=C(NCCc1ccc(Cl)cc1)c1nc(-c2ccc(N3CCCCC3)cc2)no1. The number of carbonyl (C=O) groups excluding carboxylic acids is 1. The molecule has 7 heteroatoms. The second-order valence-corrected chi connectivity index (χ2v) is 7.59. The smallest absolute Gasteiger partial charge is 0.316 e. The predicted molar refractivity (Wildman–Crippen MR) is 113 cm³/mol. The molecule has 1 saturated heterocycles. The maximum absolute atomic E-state index is 12.3. The van der Waals surface area contributed by atoms with Gasteiger partial charge < -0.3 is 14.7 Å². The van der Waals surface area contributed by atoms with E-state index in [9.17, 15) is 4.79 Å². The molecule has 2 heterocycles. The van der Waals surface area contributed by atoms with E-state index in [1.165, 1.54) is 24.9 Å². The number of benzene rings is 2. The standard InChI is InChI=1S/C22H23ClN4O2/c23-18-8-4-16(5-9-18)12-13-24-21(28)22-25-20(26-29-22)17-6-10-19(11-7-17)27-14-2-1-3-15-27/h4-11H,1-3,12-15H2,(H,24,28). The van der Waals surface area contributed by atoms with Gasteiger partial charge in [0.25, 0.3) is 0 Å².